The number of hydrogen-bond donors (Lipinski definition) is 0. The maximum absolute atomic E-state index is 14.9. The van der Waals surface area contributed by atoms with E-state index >= 15 is 0 Å². The highest BCUT2D eigenvalue weighted by atomic mass is 19.1. The molecule has 2 fully saturated rings. The third-order valence-electron chi connectivity index (χ3n) is 8.40. The summed E-state index contributed by atoms with van der Waals surface area (Å²) < 4.78 is 21.2. The number of carbonyl (C=O) groups is 1. The van der Waals surface area contributed by atoms with Crippen molar-refractivity contribution in [3.63, 3.8) is 0 Å². The number of halogens is 1. The van der Waals surface area contributed by atoms with Gasteiger partial charge in [0.2, 0.25) is 11.8 Å². The van der Waals surface area contributed by atoms with Gasteiger partial charge in [-0.3, -0.25) is 4.79 Å². The second kappa shape index (κ2) is 11.2. The van der Waals surface area contributed by atoms with Gasteiger partial charge in [0.25, 0.3) is 0 Å². The molecule has 4 heterocycles. The Hall–Kier alpha value is -3.64. The average Bonchev–Trinajstić information content (AvgIpc) is 3.34. The summed E-state index contributed by atoms with van der Waals surface area (Å²) in [6.07, 6.45) is 4.16. The topological polar surface area (TPSA) is 75.9 Å². The second-order valence-corrected chi connectivity index (χ2v) is 10.9. The number of benzene rings is 1. The van der Waals surface area contributed by atoms with Crippen LogP contribution in [0, 0.1) is 24.1 Å². The van der Waals surface area contributed by atoms with Gasteiger partial charge in [0.15, 0.2) is 0 Å². The molecule has 0 radical (unpaired) electrons. The van der Waals surface area contributed by atoms with E-state index in [2.05, 4.69) is 29.5 Å². The van der Waals surface area contributed by atoms with Crippen molar-refractivity contribution >= 4 is 17.3 Å². The fourth-order valence-electron chi connectivity index (χ4n) is 6.27. The Kier molecular flexibility index (Phi) is 7.76. The van der Waals surface area contributed by atoms with Crippen LogP contribution in [-0.2, 0) is 17.8 Å². The molecule has 8 nitrogen and oxygen atoms in total. The third kappa shape index (κ3) is 5.18. The normalized spacial score (nSPS) is 21.5. The lowest BCUT2D eigenvalue weighted by molar-refractivity contribution is -0.128. The standard InChI is InChI=1S/C30H37FN6O2/c1-5-27(38)37-15-14-36(17-21(37)3)29-23-11-13-35(28-20(2)8-6-10-25(28)31)18-26(23)33-30(24(29)16-32)39-19-22-9-7-12-34(22)4/h5-6,8,10,21-22H,1,7,9,11-15,17-19H2,2-4H3/t21-,22+/m1/s1. The number of nitriles is 1. The molecule has 1 aromatic heterocycles. The number of pyridine rings is 1. The van der Waals surface area contributed by atoms with E-state index in [4.69, 9.17) is 9.72 Å². The Morgan fingerprint density at radius 1 is 1.26 bits per heavy atom. The quantitative estimate of drug-likeness (QED) is 0.526. The molecule has 0 aliphatic carbocycles. The summed E-state index contributed by atoms with van der Waals surface area (Å²) in [6, 6.07) is 7.78. The van der Waals surface area contributed by atoms with E-state index in [-0.39, 0.29) is 23.8 Å². The summed E-state index contributed by atoms with van der Waals surface area (Å²) in [5.74, 6) is 0.0146. The monoisotopic (exact) mass is 532 g/mol. The number of likely N-dealkylation sites (tertiary alicyclic amines) is 1. The van der Waals surface area contributed by atoms with Gasteiger partial charge < -0.3 is 24.3 Å². The minimum absolute atomic E-state index is 0.0442. The van der Waals surface area contributed by atoms with Crippen molar-refractivity contribution in [2.75, 3.05) is 56.2 Å². The molecule has 5 rings (SSSR count). The molecular weight excluding hydrogens is 495 g/mol. The zero-order valence-corrected chi connectivity index (χ0v) is 23.1. The van der Waals surface area contributed by atoms with Crippen LogP contribution in [0.5, 0.6) is 5.88 Å². The van der Waals surface area contributed by atoms with Gasteiger partial charge in [-0.25, -0.2) is 9.37 Å². The first-order chi connectivity index (χ1) is 18.8. The molecule has 2 saturated heterocycles. The largest absolute Gasteiger partial charge is 0.475 e. The highest BCUT2D eigenvalue weighted by Gasteiger charge is 2.34. The van der Waals surface area contributed by atoms with Crippen molar-refractivity contribution < 1.29 is 13.9 Å². The van der Waals surface area contributed by atoms with Gasteiger partial charge in [-0.05, 0) is 64.4 Å². The molecule has 3 aliphatic rings. The Labute approximate surface area is 230 Å². The van der Waals surface area contributed by atoms with Crippen LogP contribution >= 0.6 is 0 Å². The minimum atomic E-state index is -0.245. The summed E-state index contributed by atoms with van der Waals surface area (Å²) in [6.45, 7) is 11.8. The maximum Gasteiger partial charge on any atom is 0.246 e. The summed E-state index contributed by atoms with van der Waals surface area (Å²) in [7, 11) is 2.10. The number of para-hydroxylation sites is 1. The number of aromatic nitrogens is 1. The van der Waals surface area contributed by atoms with Gasteiger partial charge in [0.05, 0.1) is 23.6 Å². The molecule has 206 valence electrons. The summed E-state index contributed by atoms with van der Waals surface area (Å²) in [5, 5.41) is 10.4. The van der Waals surface area contributed by atoms with Crippen molar-refractivity contribution in [1.29, 1.82) is 5.26 Å². The van der Waals surface area contributed by atoms with Gasteiger partial charge in [0.1, 0.15) is 24.1 Å². The first-order valence-electron chi connectivity index (χ1n) is 13.8. The maximum atomic E-state index is 14.9. The number of fused-ring (bicyclic) bond motifs is 1. The van der Waals surface area contributed by atoms with Crippen LogP contribution in [0.25, 0.3) is 0 Å². The summed E-state index contributed by atoms with van der Waals surface area (Å²) >= 11 is 0. The van der Waals surface area contributed by atoms with E-state index in [1.165, 1.54) is 12.1 Å². The lowest BCUT2D eigenvalue weighted by atomic mass is 9.96. The Morgan fingerprint density at radius 3 is 2.74 bits per heavy atom. The molecule has 2 aromatic rings. The van der Waals surface area contributed by atoms with E-state index in [0.717, 1.165) is 41.9 Å². The molecule has 9 heteroatoms. The average molecular weight is 533 g/mol. The Balaban J connectivity index is 1.53. The number of ether oxygens (including phenoxy) is 1. The third-order valence-corrected chi connectivity index (χ3v) is 8.40. The molecule has 0 N–H and O–H groups in total. The number of aryl methyl sites for hydroxylation is 1. The zero-order chi connectivity index (χ0) is 27.7. The number of rotatable bonds is 6. The van der Waals surface area contributed by atoms with Crippen LogP contribution in [0.3, 0.4) is 0 Å². The number of nitrogens with zero attached hydrogens (tertiary/aromatic N) is 6. The Morgan fingerprint density at radius 2 is 2.08 bits per heavy atom. The highest BCUT2D eigenvalue weighted by molar-refractivity contribution is 5.87. The van der Waals surface area contributed by atoms with E-state index in [9.17, 15) is 14.4 Å². The predicted molar refractivity (Wildman–Crippen MR) is 150 cm³/mol. The molecule has 0 unspecified atom stereocenters. The molecule has 2 atom stereocenters. The smallest absolute Gasteiger partial charge is 0.246 e. The van der Waals surface area contributed by atoms with E-state index in [1.807, 2.05) is 29.7 Å². The van der Waals surface area contributed by atoms with E-state index < -0.39 is 0 Å². The highest BCUT2D eigenvalue weighted by Crippen LogP contribution is 2.39. The van der Waals surface area contributed by atoms with Crippen molar-refractivity contribution in [2.45, 2.75) is 51.7 Å². The molecular formula is C30H37FN6O2. The summed E-state index contributed by atoms with van der Waals surface area (Å²) in [4.78, 5) is 25.6. The molecule has 0 bridgehead atoms. The van der Waals surface area contributed by atoms with Gasteiger partial charge in [-0.2, -0.15) is 5.26 Å². The first kappa shape index (κ1) is 26.9. The first-order valence-corrected chi connectivity index (χ1v) is 13.8. The fraction of sp³-hybridized carbons (Fsp3) is 0.500. The lowest BCUT2D eigenvalue weighted by Gasteiger charge is -2.42. The van der Waals surface area contributed by atoms with Crippen LogP contribution in [0.4, 0.5) is 15.8 Å². The van der Waals surface area contributed by atoms with Gasteiger partial charge in [0, 0.05) is 43.8 Å². The predicted octanol–water partition coefficient (Wildman–Crippen LogP) is 3.66. The van der Waals surface area contributed by atoms with Crippen LogP contribution in [0.2, 0.25) is 0 Å². The molecule has 0 saturated carbocycles. The van der Waals surface area contributed by atoms with E-state index in [1.54, 1.807) is 6.07 Å². The van der Waals surface area contributed by atoms with Gasteiger partial charge in [-0.15, -0.1) is 0 Å². The number of likely N-dealkylation sites (N-methyl/N-ethyl adjacent to an activating group) is 1. The van der Waals surface area contributed by atoms with Crippen molar-refractivity contribution in [3.05, 3.63) is 59.1 Å². The zero-order valence-electron chi connectivity index (χ0n) is 23.1. The van der Waals surface area contributed by atoms with Gasteiger partial charge in [-0.1, -0.05) is 18.7 Å². The second-order valence-electron chi connectivity index (χ2n) is 10.9. The van der Waals surface area contributed by atoms with E-state index in [0.29, 0.717) is 62.9 Å². The van der Waals surface area contributed by atoms with Crippen LogP contribution in [-0.4, -0.2) is 79.2 Å². The number of carbonyl (C=O) groups excluding carboxylic acids is 1. The number of anilines is 2. The summed E-state index contributed by atoms with van der Waals surface area (Å²) in [5.41, 5.74) is 4.59. The molecule has 3 aliphatic heterocycles. The van der Waals surface area contributed by atoms with Crippen LogP contribution in [0.1, 0.15) is 42.1 Å². The van der Waals surface area contributed by atoms with Crippen molar-refractivity contribution in [2.24, 2.45) is 0 Å². The number of amides is 1. The van der Waals surface area contributed by atoms with Crippen molar-refractivity contribution in [3.8, 4) is 11.9 Å². The van der Waals surface area contributed by atoms with Crippen LogP contribution < -0.4 is 14.5 Å². The number of hydrogen-bond acceptors (Lipinski definition) is 7. The number of piperazine rings is 1. The molecule has 39 heavy (non-hydrogen) atoms. The van der Waals surface area contributed by atoms with Gasteiger partial charge >= 0.3 is 0 Å². The van der Waals surface area contributed by atoms with Crippen LogP contribution in [0.15, 0.2) is 30.9 Å². The minimum Gasteiger partial charge on any atom is -0.475 e. The molecule has 0 spiro atoms. The lowest BCUT2D eigenvalue weighted by Crippen LogP contribution is -2.54. The molecule has 1 amide bonds. The fourth-order valence-corrected chi connectivity index (χ4v) is 6.27. The van der Waals surface area contributed by atoms with Crippen molar-refractivity contribution in [1.82, 2.24) is 14.8 Å². The SMILES string of the molecule is C=CC(=O)N1CCN(c2c(C#N)c(OC[C@@H]3CCCN3C)nc3c2CCN(c2c(C)cccc2F)C3)C[C@H]1C. The Bertz CT molecular complexity index is 1290. The molecule has 1 aromatic carbocycles.